The minimum Gasteiger partial charge on any atom is -0.479 e. The van der Waals surface area contributed by atoms with Crippen LogP contribution in [0.25, 0.3) is 0 Å². The van der Waals surface area contributed by atoms with Crippen molar-refractivity contribution in [1.82, 2.24) is 0 Å². The normalized spacial score (nSPS) is 28.0. The summed E-state index contributed by atoms with van der Waals surface area (Å²) in [7, 11) is 0. The van der Waals surface area contributed by atoms with Gasteiger partial charge in [0, 0.05) is 6.42 Å². The van der Waals surface area contributed by atoms with Gasteiger partial charge < -0.3 is 10.9 Å². The first kappa shape index (κ1) is 8.45. The van der Waals surface area contributed by atoms with Gasteiger partial charge in [0.05, 0.1) is 0 Å². The molecule has 5 nitrogen and oxygen atoms in total. The molecule has 1 aliphatic rings. The summed E-state index contributed by atoms with van der Waals surface area (Å²) in [5.74, 6) is 3.78. The molecule has 1 atom stereocenters. The van der Waals surface area contributed by atoms with Crippen LogP contribution in [-0.4, -0.2) is 16.6 Å². The summed E-state index contributed by atoms with van der Waals surface area (Å²) in [5.41, 5.74) is -1.29. The second-order valence-electron chi connectivity index (χ2n) is 2.44. The van der Waals surface area contributed by atoms with Gasteiger partial charge in [-0.25, -0.2) is 4.79 Å². The summed E-state index contributed by atoms with van der Waals surface area (Å²) in [4.78, 5) is 10.8. The number of hydrogen-bond donors (Lipinski definition) is 2. The van der Waals surface area contributed by atoms with E-state index < -0.39 is 11.5 Å². The summed E-state index contributed by atoms with van der Waals surface area (Å²) in [6.45, 7) is 0. The quantitative estimate of drug-likeness (QED) is 0.359. The van der Waals surface area contributed by atoms with Gasteiger partial charge in [0.1, 0.15) is 0 Å². The van der Waals surface area contributed by atoms with Crippen LogP contribution in [0.3, 0.4) is 0 Å². The van der Waals surface area contributed by atoms with Crippen molar-refractivity contribution in [2.45, 2.75) is 12.0 Å². The zero-order valence-corrected chi connectivity index (χ0v) is 6.34. The van der Waals surface area contributed by atoms with Crippen molar-refractivity contribution in [3.05, 3.63) is 24.3 Å². The van der Waals surface area contributed by atoms with Crippen LogP contribution in [0.15, 0.2) is 34.6 Å². The van der Waals surface area contributed by atoms with Crippen LogP contribution in [0.4, 0.5) is 0 Å². The second kappa shape index (κ2) is 3.17. The largest absolute Gasteiger partial charge is 0.479 e. The van der Waals surface area contributed by atoms with Crippen molar-refractivity contribution in [3.8, 4) is 0 Å². The van der Waals surface area contributed by atoms with Crippen molar-refractivity contribution in [1.29, 1.82) is 0 Å². The Morgan fingerprint density at radius 1 is 1.58 bits per heavy atom. The van der Waals surface area contributed by atoms with Crippen molar-refractivity contribution >= 4 is 5.97 Å². The molecule has 1 rings (SSSR count). The lowest BCUT2D eigenvalue weighted by molar-refractivity contribution is -0.141. The molecule has 0 bridgehead atoms. The lowest BCUT2D eigenvalue weighted by atomic mass is 9.93. The number of nitrogens with zero attached hydrogens (tertiary/aromatic N) is 2. The first-order valence-corrected chi connectivity index (χ1v) is 3.41. The summed E-state index contributed by atoms with van der Waals surface area (Å²) in [5, 5.41) is 15.3. The number of allylic oxidation sites excluding steroid dienone is 2. The third-order valence-corrected chi connectivity index (χ3v) is 1.65. The molecule has 0 aromatic heterocycles. The van der Waals surface area contributed by atoms with Crippen molar-refractivity contribution in [2.24, 2.45) is 16.2 Å². The average Bonchev–Trinajstić information content (AvgIpc) is 2.06. The molecule has 5 heteroatoms. The Bertz CT molecular complexity index is 270. The van der Waals surface area contributed by atoms with E-state index in [0.717, 1.165) is 0 Å². The van der Waals surface area contributed by atoms with Gasteiger partial charge in [-0.1, -0.05) is 23.5 Å². The minimum atomic E-state index is -1.29. The molecule has 0 spiro atoms. The van der Waals surface area contributed by atoms with Gasteiger partial charge in [-0.05, 0) is 6.08 Å². The highest BCUT2D eigenvalue weighted by Gasteiger charge is 2.35. The van der Waals surface area contributed by atoms with E-state index in [-0.39, 0.29) is 0 Å². The molecule has 1 unspecified atom stereocenters. The maximum absolute atomic E-state index is 10.8. The highest BCUT2D eigenvalue weighted by Crippen LogP contribution is 2.22. The number of hydrogen-bond acceptors (Lipinski definition) is 3. The smallest absolute Gasteiger partial charge is 0.337 e. The Hall–Kier alpha value is -1.65. The molecule has 0 fully saturated rings. The first-order chi connectivity index (χ1) is 5.71. The van der Waals surface area contributed by atoms with Crippen LogP contribution in [0.5, 0.6) is 0 Å². The maximum Gasteiger partial charge on any atom is 0.337 e. The minimum absolute atomic E-state index is 0.291. The van der Waals surface area contributed by atoms with Gasteiger partial charge >= 0.3 is 5.97 Å². The third-order valence-electron chi connectivity index (χ3n) is 1.65. The van der Waals surface area contributed by atoms with E-state index >= 15 is 0 Å². The molecule has 0 heterocycles. The van der Waals surface area contributed by atoms with E-state index in [9.17, 15) is 4.79 Å². The lowest BCUT2D eigenvalue weighted by Gasteiger charge is -2.19. The lowest BCUT2D eigenvalue weighted by Crippen LogP contribution is -2.34. The topological polar surface area (TPSA) is 88.0 Å². The SMILES string of the molecule is NN=NC1(C(=O)O)C=CC=CC1. The summed E-state index contributed by atoms with van der Waals surface area (Å²) >= 11 is 0. The van der Waals surface area contributed by atoms with E-state index in [2.05, 4.69) is 10.3 Å². The maximum atomic E-state index is 10.8. The zero-order chi connectivity index (χ0) is 9.03. The van der Waals surface area contributed by atoms with E-state index in [4.69, 9.17) is 10.9 Å². The zero-order valence-electron chi connectivity index (χ0n) is 6.34. The van der Waals surface area contributed by atoms with Crippen LogP contribution in [0, 0.1) is 0 Å². The molecular formula is C7H9N3O2. The second-order valence-corrected chi connectivity index (χ2v) is 2.44. The average molecular weight is 167 g/mol. The van der Waals surface area contributed by atoms with Crippen LogP contribution in [0.1, 0.15) is 6.42 Å². The van der Waals surface area contributed by atoms with E-state index in [1.165, 1.54) is 6.08 Å². The van der Waals surface area contributed by atoms with Crippen LogP contribution in [0.2, 0.25) is 0 Å². The third kappa shape index (κ3) is 1.34. The number of rotatable bonds is 2. The molecule has 0 saturated carbocycles. The monoisotopic (exact) mass is 167 g/mol. The summed E-state index contributed by atoms with van der Waals surface area (Å²) in [6, 6.07) is 0. The fourth-order valence-corrected chi connectivity index (χ4v) is 0.988. The van der Waals surface area contributed by atoms with Gasteiger partial charge in [0.2, 0.25) is 5.54 Å². The molecule has 64 valence electrons. The number of carboxylic acid groups (broad SMARTS) is 1. The highest BCUT2D eigenvalue weighted by molar-refractivity contribution is 5.82. The van der Waals surface area contributed by atoms with Crippen LogP contribution in [-0.2, 0) is 4.79 Å². The van der Waals surface area contributed by atoms with Crippen molar-refractivity contribution < 1.29 is 9.90 Å². The van der Waals surface area contributed by atoms with Gasteiger partial charge in [0.25, 0.3) is 0 Å². The Morgan fingerprint density at radius 3 is 2.75 bits per heavy atom. The fourth-order valence-electron chi connectivity index (χ4n) is 0.988. The molecule has 0 radical (unpaired) electrons. The van der Waals surface area contributed by atoms with Crippen molar-refractivity contribution in [3.63, 3.8) is 0 Å². The van der Waals surface area contributed by atoms with Gasteiger partial charge in [0.15, 0.2) is 0 Å². The molecule has 0 aromatic rings. The van der Waals surface area contributed by atoms with Gasteiger partial charge in [-0.3, -0.25) is 0 Å². The van der Waals surface area contributed by atoms with E-state index in [0.29, 0.717) is 6.42 Å². The number of nitrogens with two attached hydrogens (primary N) is 1. The molecule has 0 aromatic carbocycles. The first-order valence-electron chi connectivity index (χ1n) is 3.41. The standard InChI is InChI=1S/C7H9N3O2/c8-10-9-7(6(11)12)4-2-1-3-5-7/h1-4H,5H2,(H2,8,9)(H,11,12). The molecule has 1 aliphatic carbocycles. The van der Waals surface area contributed by atoms with Crippen molar-refractivity contribution in [2.75, 3.05) is 0 Å². The Kier molecular flexibility index (Phi) is 2.23. The molecule has 12 heavy (non-hydrogen) atoms. The molecule has 0 amide bonds. The number of carboxylic acids is 1. The summed E-state index contributed by atoms with van der Waals surface area (Å²) in [6.07, 6.45) is 6.84. The van der Waals surface area contributed by atoms with Gasteiger partial charge in [-0.2, -0.15) is 0 Å². The number of carbonyl (C=O) groups is 1. The Morgan fingerprint density at radius 2 is 2.33 bits per heavy atom. The highest BCUT2D eigenvalue weighted by atomic mass is 16.4. The Labute approximate surface area is 69.3 Å². The Balaban J connectivity index is 2.95. The van der Waals surface area contributed by atoms with Gasteiger partial charge in [-0.15, -0.1) is 5.11 Å². The van der Waals surface area contributed by atoms with E-state index in [1.807, 2.05) is 0 Å². The predicted molar refractivity (Wildman–Crippen MR) is 42.3 cm³/mol. The molecule has 0 saturated heterocycles. The molecular weight excluding hydrogens is 158 g/mol. The van der Waals surface area contributed by atoms with Crippen LogP contribution >= 0.6 is 0 Å². The fraction of sp³-hybridized carbons (Fsp3) is 0.286. The molecule has 3 N–H and O–H groups in total. The van der Waals surface area contributed by atoms with E-state index in [1.54, 1.807) is 18.2 Å². The summed E-state index contributed by atoms with van der Waals surface area (Å²) < 4.78 is 0. The predicted octanol–water partition coefficient (Wildman–Crippen LogP) is 0.652. The number of aliphatic carboxylic acids is 1. The molecule has 0 aliphatic heterocycles. The van der Waals surface area contributed by atoms with Crippen LogP contribution < -0.4 is 5.84 Å².